The average Bonchev–Trinajstić information content (AvgIpc) is 3.13. The Morgan fingerprint density at radius 2 is 0.460 bits per heavy atom. The predicted molar refractivity (Wildman–Crippen MR) is 218 cm³/mol. The van der Waals surface area contributed by atoms with Crippen LogP contribution in [-0.4, -0.2) is 26.2 Å². The molecule has 0 aromatic rings. The van der Waals surface area contributed by atoms with Crippen LogP contribution in [0.15, 0.2) is 0 Å². The summed E-state index contributed by atoms with van der Waals surface area (Å²) in [5, 5.41) is 0. The fraction of sp³-hybridized carbons (Fsp3) is 0.957. The number of esters is 2. The molecule has 0 amide bonds. The van der Waals surface area contributed by atoms with Crippen molar-refractivity contribution in [2.45, 2.75) is 259 Å². The molecule has 0 heterocycles. The van der Waals surface area contributed by atoms with Crippen molar-refractivity contribution in [1.82, 2.24) is 0 Å². The maximum Gasteiger partial charge on any atom is 0.312 e. The summed E-state index contributed by atoms with van der Waals surface area (Å²) in [6.45, 7) is 9.09. The Hall–Kier alpha value is -1.06. The Bertz CT molecular complexity index is 644. The molecule has 0 spiro atoms. The Balaban J connectivity index is 6.21. The average molecular weight is 707 g/mol. The molecule has 0 saturated heterocycles. The van der Waals surface area contributed by atoms with Crippen LogP contribution in [0, 0.1) is 10.8 Å². The molecule has 0 aliphatic rings. The summed E-state index contributed by atoms with van der Waals surface area (Å²) in [6, 6.07) is 0. The number of carbonyl (C=O) groups is 2. The van der Waals surface area contributed by atoms with E-state index in [2.05, 4.69) is 27.7 Å². The van der Waals surface area contributed by atoms with Crippen LogP contribution < -0.4 is 0 Å². The Morgan fingerprint density at radius 3 is 0.620 bits per heavy atom. The molecule has 0 aliphatic heterocycles. The van der Waals surface area contributed by atoms with Gasteiger partial charge in [-0.05, 0) is 25.7 Å². The van der Waals surface area contributed by atoms with E-state index in [-0.39, 0.29) is 11.9 Å². The fourth-order valence-electron chi connectivity index (χ4n) is 8.64. The van der Waals surface area contributed by atoms with Crippen molar-refractivity contribution in [1.29, 1.82) is 0 Å². The van der Waals surface area contributed by atoms with Crippen LogP contribution >= 0.6 is 0 Å². The molecule has 298 valence electrons. The van der Waals surface area contributed by atoms with Crippen LogP contribution in [0.1, 0.15) is 259 Å². The molecule has 0 saturated carbocycles. The topological polar surface area (TPSA) is 52.6 Å². The van der Waals surface area contributed by atoms with Gasteiger partial charge in [0.2, 0.25) is 0 Å². The highest BCUT2D eigenvalue weighted by Gasteiger charge is 2.60. The predicted octanol–water partition coefficient (Wildman–Crippen LogP) is 15.4. The molecular weight excluding hydrogens is 617 g/mol. The van der Waals surface area contributed by atoms with Crippen LogP contribution in [0.4, 0.5) is 0 Å². The van der Waals surface area contributed by atoms with Crippen LogP contribution in [0.25, 0.3) is 0 Å². The van der Waals surface area contributed by atoms with Crippen LogP contribution in [0.3, 0.4) is 0 Å². The highest BCUT2D eigenvalue weighted by molar-refractivity contribution is 5.88. The second-order valence-electron chi connectivity index (χ2n) is 16.0. The zero-order valence-corrected chi connectivity index (χ0v) is 35.1. The molecule has 4 nitrogen and oxygen atoms in total. The van der Waals surface area contributed by atoms with E-state index in [1.807, 2.05) is 0 Å². The first-order chi connectivity index (χ1) is 24.5. The summed E-state index contributed by atoms with van der Waals surface area (Å²) >= 11 is 0. The molecule has 0 fully saturated rings. The minimum absolute atomic E-state index is 0.145. The zero-order chi connectivity index (χ0) is 37.0. The molecule has 50 heavy (non-hydrogen) atoms. The zero-order valence-electron chi connectivity index (χ0n) is 35.1. The largest absolute Gasteiger partial charge is 0.469 e. The van der Waals surface area contributed by atoms with Gasteiger partial charge in [0.15, 0.2) is 0 Å². The molecule has 4 heteroatoms. The van der Waals surface area contributed by atoms with E-state index in [4.69, 9.17) is 9.47 Å². The number of methoxy groups -OCH3 is 2. The van der Waals surface area contributed by atoms with E-state index < -0.39 is 10.8 Å². The summed E-state index contributed by atoms with van der Waals surface area (Å²) < 4.78 is 11.6. The van der Waals surface area contributed by atoms with E-state index in [1.54, 1.807) is 14.2 Å². The molecule has 0 rings (SSSR count). The maximum absolute atomic E-state index is 14.4. The maximum atomic E-state index is 14.4. The number of rotatable bonds is 39. The van der Waals surface area contributed by atoms with Gasteiger partial charge in [-0.1, -0.05) is 233 Å². The molecule has 0 aromatic heterocycles. The van der Waals surface area contributed by atoms with Crippen LogP contribution in [-0.2, 0) is 19.1 Å². The van der Waals surface area contributed by atoms with E-state index in [0.29, 0.717) is 0 Å². The van der Waals surface area contributed by atoms with Gasteiger partial charge in [-0.3, -0.25) is 9.59 Å². The third-order valence-electron chi connectivity index (χ3n) is 11.9. The minimum atomic E-state index is -0.818. The van der Waals surface area contributed by atoms with Crippen molar-refractivity contribution in [3.05, 3.63) is 0 Å². The molecular formula is C46H90O4. The number of ether oxygens (including phenoxy) is 2. The van der Waals surface area contributed by atoms with Crippen molar-refractivity contribution >= 4 is 11.9 Å². The van der Waals surface area contributed by atoms with Gasteiger partial charge in [0.05, 0.1) is 25.0 Å². The second-order valence-corrected chi connectivity index (χ2v) is 16.0. The van der Waals surface area contributed by atoms with Crippen molar-refractivity contribution in [3.8, 4) is 0 Å². The van der Waals surface area contributed by atoms with Gasteiger partial charge in [0, 0.05) is 0 Å². The van der Waals surface area contributed by atoms with Crippen molar-refractivity contribution in [2.75, 3.05) is 14.2 Å². The molecule has 0 atom stereocenters. The number of unbranched alkanes of at least 4 members (excludes halogenated alkanes) is 28. The van der Waals surface area contributed by atoms with Crippen LogP contribution in [0.5, 0.6) is 0 Å². The van der Waals surface area contributed by atoms with Crippen molar-refractivity contribution < 1.29 is 19.1 Å². The van der Waals surface area contributed by atoms with Gasteiger partial charge in [-0.15, -0.1) is 0 Å². The first kappa shape index (κ1) is 48.9. The summed E-state index contributed by atoms with van der Waals surface area (Å²) in [7, 11) is 3.13. The van der Waals surface area contributed by atoms with Crippen molar-refractivity contribution in [3.63, 3.8) is 0 Å². The van der Waals surface area contributed by atoms with Gasteiger partial charge in [-0.2, -0.15) is 0 Å². The first-order valence-electron chi connectivity index (χ1n) is 22.6. The van der Waals surface area contributed by atoms with Gasteiger partial charge in [0.1, 0.15) is 0 Å². The van der Waals surface area contributed by atoms with Crippen molar-refractivity contribution in [2.24, 2.45) is 10.8 Å². The quantitative estimate of drug-likeness (QED) is 0.0472. The molecule has 0 aliphatic carbocycles. The first-order valence-corrected chi connectivity index (χ1v) is 22.6. The number of hydrogen-bond acceptors (Lipinski definition) is 4. The third-order valence-corrected chi connectivity index (χ3v) is 11.9. The Morgan fingerprint density at radius 1 is 0.300 bits per heavy atom. The lowest BCUT2D eigenvalue weighted by Crippen LogP contribution is -2.54. The van der Waals surface area contributed by atoms with Gasteiger partial charge >= 0.3 is 11.9 Å². The molecule has 0 radical (unpaired) electrons. The normalized spacial score (nSPS) is 12.0. The van der Waals surface area contributed by atoms with Gasteiger partial charge in [0.25, 0.3) is 0 Å². The van der Waals surface area contributed by atoms with Crippen LogP contribution in [0.2, 0.25) is 0 Å². The standard InChI is InChI=1S/C46H90O4/c1-7-11-15-19-23-27-31-35-39-45(43(47)49-5,40-36-32-28-24-20-16-12-8-2)46(44(48)50-6,41-37-33-29-25-21-17-13-9-3)42-38-34-30-26-22-18-14-10-4/h7-42H2,1-6H3. The smallest absolute Gasteiger partial charge is 0.312 e. The Kier molecular flexibility index (Phi) is 34.3. The molecule has 0 aromatic carbocycles. The van der Waals surface area contributed by atoms with Gasteiger partial charge in [-0.25, -0.2) is 0 Å². The molecule has 0 bridgehead atoms. The summed E-state index contributed by atoms with van der Waals surface area (Å²) in [4.78, 5) is 28.8. The summed E-state index contributed by atoms with van der Waals surface area (Å²) in [5.41, 5.74) is -1.64. The second kappa shape index (κ2) is 35.0. The number of hydrogen-bond donors (Lipinski definition) is 0. The lowest BCUT2D eigenvalue weighted by atomic mass is 9.54. The summed E-state index contributed by atoms with van der Waals surface area (Å²) in [6.07, 6.45) is 42.2. The molecule has 0 unspecified atom stereocenters. The van der Waals surface area contributed by atoms with E-state index in [1.165, 1.54) is 154 Å². The Labute approximate surface area is 314 Å². The summed E-state index contributed by atoms with van der Waals surface area (Å²) in [5.74, 6) is -0.291. The molecule has 0 N–H and O–H groups in total. The van der Waals surface area contributed by atoms with Gasteiger partial charge < -0.3 is 9.47 Å². The SMILES string of the molecule is CCCCCCCCCCC(CCCCCCCCCC)(C(=O)OC)C(CCCCCCCCCC)(CCCCCCCCCC)C(=O)OC. The minimum Gasteiger partial charge on any atom is -0.469 e. The van der Waals surface area contributed by atoms with E-state index in [9.17, 15) is 9.59 Å². The number of carbonyl (C=O) groups excluding carboxylic acids is 2. The highest BCUT2D eigenvalue weighted by atomic mass is 16.5. The fourth-order valence-corrected chi connectivity index (χ4v) is 8.64. The van der Waals surface area contributed by atoms with E-state index in [0.717, 1.165) is 77.0 Å². The third kappa shape index (κ3) is 21.5. The monoisotopic (exact) mass is 707 g/mol. The lowest BCUT2D eigenvalue weighted by Gasteiger charge is -2.47. The van der Waals surface area contributed by atoms with E-state index >= 15 is 0 Å². The lowest BCUT2D eigenvalue weighted by molar-refractivity contribution is -0.183. The highest BCUT2D eigenvalue weighted by Crippen LogP contribution is 2.55.